The summed E-state index contributed by atoms with van der Waals surface area (Å²) in [4.78, 5) is 14.7. The molecule has 0 amide bonds. The lowest BCUT2D eigenvalue weighted by Gasteiger charge is -2.22. The topological polar surface area (TPSA) is 32.3 Å². The van der Waals surface area contributed by atoms with Crippen LogP contribution in [0, 0.1) is 0 Å². The van der Waals surface area contributed by atoms with Crippen molar-refractivity contribution >= 4 is 54.7 Å². The van der Waals surface area contributed by atoms with E-state index in [2.05, 4.69) is 107 Å². The Labute approximate surface area is 232 Å². The third-order valence-corrected chi connectivity index (χ3v) is 8.95. The molecule has 5 aromatic carbocycles. The first-order chi connectivity index (χ1) is 19.8. The van der Waals surface area contributed by atoms with Crippen LogP contribution in [0.2, 0.25) is 0 Å². The Morgan fingerprint density at radius 2 is 0.900 bits per heavy atom. The fourth-order valence-electron chi connectivity index (χ4n) is 7.03. The maximum absolute atomic E-state index is 4.88. The first-order valence-corrected chi connectivity index (χ1v) is 14.0. The summed E-state index contributed by atoms with van der Waals surface area (Å²) in [5.74, 6) is 0. The van der Waals surface area contributed by atoms with Gasteiger partial charge in [0.1, 0.15) is 0 Å². The molecule has 0 fully saturated rings. The van der Waals surface area contributed by atoms with E-state index in [0.717, 1.165) is 48.0 Å². The second-order valence-electron chi connectivity index (χ2n) is 11.1. The van der Waals surface area contributed by atoms with Gasteiger partial charge in [-0.15, -0.1) is 0 Å². The average Bonchev–Trinajstić information content (AvgIpc) is 3.65. The predicted molar refractivity (Wildman–Crippen MR) is 165 cm³/mol. The molecule has 0 aliphatic carbocycles. The van der Waals surface area contributed by atoms with Crippen LogP contribution in [0.25, 0.3) is 43.4 Å². The zero-order valence-electron chi connectivity index (χ0n) is 22.0. The number of hydrogen-bond donors (Lipinski definition) is 0. The molecule has 4 heteroatoms. The molecule has 2 aliphatic rings. The first kappa shape index (κ1) is 21.9. The van der Waals surface area contributed by atoms with Gasteiger partial charge in [0.2, 0.25) is 0 Å². The van der Waals surface area contributed by atoms with Crippen LogP contribution in [0.4, 0.5) is 11.4 Å². The van der Waals surface area contributed by atoms with E-state index in [1.165, 1.54) is 55.2 Å². The van der Waals surface area contributed by atoms with E-state index in [9.17, 15) is 0 Å². The van der Waals surface area contributed by atoms with E-state index in [4.69, 9.17) is 9.97 Å². The molecule has 190 valence electrons. The first-order valence-electron chi connectivity index (χ1n) is 14.0. The predicted octanol–water partition coefficient (Wildman–Crippen LogP) is 8.13. The summed E-state index contributed by atoms with van der Waals surface area (Å²) in [7, 11) is 0. The molecular weight excluding hydrogens is 488 g/mol. The van der Waals surface area contributed by atoms with Crippen molar-refractivity contribution < 1.29 is 0 Å². The maximum Gasteiger partial charge on any atom is 0.0986 e. The van der Waals surface area contributed by atoms with Crippen molar-refractivity contribution in [3.63, 3.8) is 0 Å². The molecule has 9 rings (SSSR count). The minimum absolute atomic E-state index is 0.904. The fraction of sp³-hybridized carbons (Fsp3) is 0.111. The molecule has 4 nitrogen and oxygen atoms in total. The highest BCUT2D eigenvalue weighted by molar-refractivity contribution is 6.11. The van der Waals surface area contributed by atoms with Gasteiger partial charge in [-0.1, -0.05) is 72.8 Å². The highest BCUT2D eigenvalue weighted by Crippen LogP contribution is 2.40. The van der Waals surface area contributed by atoms with Crippen LogP contribution < -0.4 is 9.80 Å². The molecule has 0 bridgehead atoms. The van der Waals surface area contributed by atoms with Gasteiger partial charge in [-0.3, -0.25) is 9.97 Å². The number of hydrogen-bond acceptors (Lipinski definition) is 4. The summed E-state index contributed by atoms with van der Waals surface area (Å²) in [5.41, 5.74) is 10.1. The molecule has 2 aromatic heterocycles. The lowest BCUT2D eigenvalue weighted by atomic mass is 10.0. The molecule has 7 aromatic rings. The summed E-state index contributed by atoms with van der Waals surface area (Å²) < 4.78 is 0. The van der Waals surface area contributed by atoms with Gasteiger partial charge in [-0.05, 0) is 68.1 Å². The van der Waals surface area contributed by atoms with Crippen LogP contribution in [-0.2, 0) is 26.2 Å². The monoisotopic (exact) mass is 514 g/mol. The Kier molecular flexibility index (Phi) is 4.53. The van der Waals surface area contributed by atoms with Gasteiger partial charge in [0.25, 0.3) is 0 Å². The van der Waals surface area contributed by atoms with Crippen molar-refractivity contribution in [1.29, 1.82) is 0 Å². The van der Waals surface area contributed by atoms with E-state index in [1.54, 1.807) is 0 Å². The fourth-order valence-corrected chi connectivity index (χ4v) is 7.03. The van der Waals surface area contributed by atoms with Crippen LogP contribution in [0.1, 0.15) is 22.3 Å². The van der Waals surface area contributed by atoms with Crippen LogP contribution in [-0.4, -0.2) is 9.97 Å². The molecule has 0 atom stereocenters. The van der Waals surface area contributed by atoms with Crippen molar-refractivity contribution in [3.8, 4) is 0 Å². The molecule has 40 heavy (non-hydrogen) atoms. The Bertz CT molecular complexity index is 1990. The van der Waals surface area contributed by atoms with E-state index < -0.39 is 0 Å². The van der Waals surface area contributed by atoms with Gasteiger partial charge in [-0.25, -0.2) is 0 Å². The van der Waals surface area contributed by atoms with Crippen LogP contribution in [0.15, 0.2) is 109 Å². The normalized spacial score (nSPS) is 14.5. The number of nitrogens with zero attached hydrogens (tertiary/aromatic N) is 4. The molecule has 0 saturated heterocycles. The summed E-state index contributed by atoms with van der Waals surface area (Å²) in [6.45, 7) is 3.62. The lowest BCUT2D eigenvalue weighted by molar-refractivity contribution is 0.885. The molecular formula is C36H26N4. The van der Waals surface area contributed by atoms with Crippen LogP contribution in [0.3, 0.4) is 0 Å². The number of rotatable bonds is 2. The molecule has 0 radical (unpaired) electrons. The van der Waals surface area contributed by atoms with Crippen LogP contribution in [0.5, 0.6) is 0 Å². The van der Waals surface area contributed by atoms with Crippen LogP contribution >= 0.6 is 0 Å². The molecule has 2 aliphatic heterocycles. The van der Waals surface area contributed by atoms with Crippen molar-refractivity contribution in [2.24, 2.45) is 0 Å². The van der Waals surface area contributed by atoms with Crippen molar-refractivity contribution in [2.45, 2.75) is 26.2 Å². The zero-order chi connectivity index (χ0) is 26.2. The van der Waals surface area contributed by atoms with Gasteiger partial charge in [-0.2, -0.15) is 0 Å². The lowest BCUT2D eigenvalue weighted by Crippen LogP contribution is -2.16. The highest BCUT2D eigenvalue weighted by Gasteiger charge is 2.25. The molecule has 0 saturated carbocycles. The Morgan fingerprint density at radius 1 is 0.425 bits per heavy atom. The Morgan fingerprint density at radius 3 is 1.40 bits per heavy atom. The number of anilines is 2. The minimum atomic E-state index is 0.904. The van der Waals surface area contributed by atoms with Gasteiger partial charge in [0.15, 0.2) is 0 Å². The van der Waals surface area contributed by atoms with Gasteiger partial charge < -0.3 is 9.80 Å². The van der Waals surface area contributed by atoms with Crippen molar-refractivity contribution in [3.05, 3.63) is 132 Å². The summed E-state index contributed by atoms with van der Waals surface area (Å²) in [6.07, 6.45) is 3.90. The summed E-state index contributed by atoms with van der Waals surface area (Å²) in [6, 6.07) is 35.4. The van der Waals surface area contributed by atoms with E-state index in [0.29, 0.717) is 0 Å². The second kappa shape index (κ2) is 8.27. The average molecular weight is 515 g/mol. The van der Waals surface area contributed by atoms with Gasteiger partial charge in [0, 0.05) is 60.7 Å². The number of aromatic nitrogens is 2. The third kappa shape index (κ3) is 3.13. The summed E-state index contributed by atoms with van der Waals surface area (Å²) in [5, 5.41) is 7.65. The highest BCUT2D eigenvalue weighted by atomic mass is 15.2. The van der Waals surface area contributed by atoms with Gasteiger partial charge in [0.05, 0.1) is 11.0 Å². The molecule has 0 unspecified atom stereocenters. The second-order valence-corrected chi connectivity index (χ2v) is 11.1. The standard InChI is InChI=1S/C36H26N4/c1-3-7-27-23(5-1)9-11-25-19-39(21-31(25)27)33-15-17-37-35-29(33)13-14-30-34(16-18-38-36(30)35)40-20-26-12-10-24-6-2-4-8-28(24)32(26)22-40/h1-18H,19-22H2. The smallest absolute Gasteiger partial charge is 0.0986 e. The quantitative estimate of drug-likeness (QED) is 0.218. The number of benzene rings is 5. The Hall–Kier alpha value is -4.96. The molecule has 4 heterocycles. The number of fused-ring (bicyclic) bond motifs is 9. The Balaban J connectivity index is 1.13. The number of pyridine rings is 2. The zero-order valence-corrected chi connectivity index (χ0v) is 22.0. The summed E-state index contributed by atoms with van der Waals surface area (Å²) >= 11 is 0. The largest absolute Gasteiger partial charge is 0.362 e. The maximum atomic E-state index is 4.88. The SMILES string of the molecule is c1ccc2c3c(ccc2c1)CN(c1ccnc2c1ccc1c(N4Cc5ccc6ccccc6c5C4)ccnc12)C3. The van der Waals surface area contributed by atoms with Crippen molar-refractivity contribution in [2.75, 3.05) is 9.80 Å². The van der Waals surface area contributed by atoms with Crippen molar-refractivity contribution in [1.82, 2.24) is 9.97 Å². The third-order valence-electron chi connectivity index (χ3n) is 8.95. The van der Waals surface area contributed by atoms with E-state index in [1.807, 2.05) is 12.4 Å². The minimum Gasteiger partial charge on any atom is -0.362 e. The molecule has 0 N–H and O–H groups in total. The van der Waals surface area contributed by atoms with Gasteiger partial charge >= 0.3 is 0 Å². The van der Waals surface area contributed by atoms with E-state index in [-0.39, 0.29) is 0 Å². The van der Waals surface area contributed by atoms with E-state index >= 15 is 0 Å². The molecule has 0 spiro atoms.